The second-order valence-corrected chi connectivity index (χ2v) is 9.18. The number of rotatable bonds is 3. The van der Waals surface area contributed by atoms with Gasteiger partial charge in [0.1, 0.15) is 6.17 Å². The first-order valence-corrected chi connectivity index (χ1v) is 11.3. The normalized spacial score (nSPS) is 23.1. The van der Waals surface area contributed by atoms with Crippen LogP contribution in [0.1, 0.15) is 55.7 Å². The summed E-state index contributed by atoms with van der Waals surface area (Å²) in [7, 11) is 4.16. The fourth-order valence-electron chi connectivity index (χ4n) is 5.31. The molecule has 2 unspecified atom stereocenters. The fraction of sp³-hybridized carbons (Fsp3) is 0.520. The maximum Gasteiger partial charge on any atom is 0.238 e. The molecule has 0 saturated heterocycles. The van der Waals surface area contributed by atoms with Crippen LogP contribution in [0.5, 0.6) is 11.5 Å². The molecule has 2 aromatic rings. The lowest BCUT2D eigenvalue weighted by Gasteiger charge is -2.35. The molecule has 3 heterocycles. The molecule has 2 aliphatic heterocycles. The fourth-order valence-corrected chi connectivity index (χ4v) is 5.31. The number of fused-ring (bicyclic) bond motifs is 2. The van der Waals surface area contributed by atoms with Crippen molar-refractivity contribution >= 4 is 5.71 Å². The first-order chi connectivity index (χ1) is 14.9. The second-order valence-electron chi connectivity index (χ2n) is 9.18. The predicted octanol–water partition coefficient (Wildman–Crippen LogP) is 5.13. The van der Waals surface area contributed by atoms with E-state index in [1.165, 1.54) is 55.0 Å². The number of nitrogens with zero attached hydrogens (tertiary/aromatic N) is 3. The molecule has 1 aromatic heterocycles. The van der Waals surface area contributed by atoms with Gasteiger partial charge in [0.15, 0.2) is 11.5 Å². The summed E-state index contributed by atoms with van der Waals surface area (Å²) in [6.07, 6.45) is 8.24. The number of hydrogen-bond acceptors (Lipinski definition) is 5. The van der Waals surface area contributed by atoms with Gasteiger partial charge in [0.2, 0.25) is 12.2 Å². The van der Waals surface area contributed by atoms with Gasteiger partial charge in [-0.3, -0.25) is 9.89 Å². The van der Waals surface area contributed by atoms with E-state index in [2.05, 4.69) is 30.9 Å². The molecule has 6 heteroatoms. The van der Waals surface area contributed by atoms with Gasteiger partial charge in [0.05, 0.1) is 0 Å². The third-order valence-corrected chi connectivity index (χ3v) is 6.86. The molecular formula is C25H30FN3O2. The molecular weight excluding hydrogens is 393 g/mol. The maximum absolute atomic E-state index is 13.6. The van der Waals surface area contributed by atoms with Gasteiger partial charge in [-0.15, -0.1) is 0 Å². The van der Waals surface area contributed by atoms with Crippen molar-refractivity contribution in [3.8, 4) is 22.6 Å². The average molecular weight is 424 g/mol. The lowest BCUT2D eigenvalue weighted by Crippen LogP contribution is -2.36. The van der Waals surface area contributed by atoms with Gasteiger partial charge in [-0.1, -0.05) is 19.3 Å². The summed E-state index contributed by atoms with van der Waals surface area (Å²) in [5.41, 5.74) is 6.57. The Morgan fingerprint density at radius 3 is 2.45 bits per heavy atom. The molecule has 0 amide bonds. The van der Waals surface area contributed by atoms with E-state index in [0.717, 1.165) is 34.6 Å². The standard InChI is InChI=1S/C25H30FN3O2/c1-14-21-18(12-20(29(3)4)28-23(21)16-8-6-5-7-9-16)22(17-10-11-19(26)27-13-17)25-24(14)30-15(2)31-25/h10-11,13,15-16,20H,5-9,12H2,1-4H3. The molecule has 31 heavy (non-hydrogen) atoms. The minimum absolute atomic E-state index is 0.0637. The number of hydrogen-bond donors (Lipinski definition) is 0. The van der Waals surface area contributed by atoms with E-state index in [0.29, 0.717) is 5.92 Å². The number of halogens is 1. The van der Waals surface area contributed by atoms with Crippen LogP contribution in [0.4, 0.5) is 4.39 Å². The molecule has 1 aromatic carbocycles. The Bertz CT molecular complexity index is 1030. The first-order valence-electron chi connectivity index (χ1n) is 11.3. The molecule has 2 atom stereocenters. The van der Waals surface area contributed by atoms with E-state index >= 15 is 0 Å². The number of likely N-dealkylation sites (N-methyl/N-ethyl adjacent to an activating group) is 1. The SMILES string of the molecule is Cc1c2c(c(-c3ccc(F)nc3)c3c1C(C1CCCCC1)=NC(N(C)C)C3)OC(C)O2. The number of ether oxygens (including phenoxy) is 2. The van der Waals surface area contributed by atoms with Crippen LogP contribution < -0.4 is 9.47 Å². The van der Waals surface area contributed by atoms with Crippen LogP contribution in [-0.4, -0.2) is 42.1 Å². The molecule has 164 valence electrons. The topological polar surface area (TPSA) is 47.0 Å². The van der Waals surface area contributed by atoms with Crippen LogP contribution in [0, 0.1) is 18.8 Å². The molecule has 5 nitrogen and oxygen atoms in total. The highest BCUT2D eigenvalue weighted by atomic mass is 19.1. The Kier molecular flexibility index (Phi) is 5.21. The Hall–Kier alpha value is -2.47. The number of pyridine rings is 1. The maximum atomic E-state index is 13.6. The number of aromatic nitrogens is 1. The van der Waals surface area contributed by atoms with Crippen molar-refractivity contribution in [3.63, 3.8) is 0 Å². The summed E-state index contributed by atoms with van der Waals surface area (Å²) < 4.78 is 25.9. The minimum Gasteiger partial charge on any atom is -0.451 e. The van der Waals surface area contributed by atoms with Crippen molar-refractivity contribution in [1.29, 1.82) is 0 Å². The van der Waals surface area contributed by atoms with Gasteiger partial charge in [-0.25, -0.2) is 4.98 Å². The molecule has 1 fully saturated rings. The van der Waals surface area contributed by atoms with Crippen molar-refractivity contribution in [2.24, 2.45) is 10.9 Å². The van der Waals surface area contributed by atoms with Crippen molar-refractivity contribution in [2.75, 3.05) is 14.1 Å². The molecule has 3 aliphatic rings. The van der Waals surface area contributed by atoms with Crippen molar-refractivity contribution < 1.29 is 13.9 Å². The van der Waals surface area contributed by atoms with Gasteiger partial charge in [-0.05, 0) is 51.6 Å². The van der Waals surface area contributed by atoms with Gasteiger partial charge in [0, 0.05) is 53.4 Å². The van der Waals surface area contributed by atoms with E-state index in [4.69, 9.17) is 14.5 Å². The minimum atomic E-state index is -0.484. The monoisotopic (exact) mass is 423 g/mol. The molecule has 1 aliphatic carbocycles. The van der Waals surface area contributed by atoms with Crippen molar-refractivity contribution in [3.05, 3.63) is 41.0 Å². The van der Waals surface area contributed by atoms with Crippen LogP contribution >= 0.6 is 0 Å². The number of benzene rings is 1. The van der Waals surface area contributed by atoms with Gasteiger partial charge < -0.3 is 9.47 Å². The van der Waals surface area contributed by atoms with E-state index in [9.17, 15) is 4.39 Å². The third kappa shape index (κ3) is 3.51. The largest absolute Gasteiger partial charge is 0.451 e. The summed E-state index contributed by atoms with van der Waals surface area (Å²) in [5, 5.41) is 0. The Balaban J connectivity index is 1.77. The summed E-state index contributed by atoms with van der Waals surface area (Å²) in [4.78, 5) is 11.4. The summed E-state index contributed by atoms with van der Waals surface area (Å²) >= 11 is 0. The van der Waals surface area contributed by atoms with E-state index < -0.39 is 5.95 Å². The molecule has 5 rings (SSSR count). The Labute approximate surface area is 183 Å². The number of aliphatic imine (C=N–C) groups is 1. The van der Waals surface area contributed by atoms with Crippen LogP contribution in [0.2, 0.25) is 0 Å². The van der Waals surface area contributed by atoms with Crippen LogP contribution in [0.3, 0.4) is 0 Å². The zero-order chi connectivity index (χ0) is 21.7. The van der Waals surface area contributed by atoms with Crippen molar-refractivity contribution in [2.45, 2.75) is 64.8 Å². The van der Waals surface area contributed by atoms with E-state index in [1.807, 2.05) is 6.92 Å². The van der Waals surface area contributed by atoms with Crippen LogP contribution in [0.15, 0.2) is 23.3 Å². The smallest absolute Gasteiger partial charge is 0.238 e. The highest BCUT2D eigenvalue weighted by Gasteiger charge is 2.38. The van der Waals surface area contributed by atoms with Gasteiger partial charge in [-0.2, -0.15) is 4.39 Å². The summed E-state index contributed by atoms with van der Waals surface area (Å²) in [6.45, 7) is 4.03. The Morgan fingerprint density at radius 2 is 1.77 bits per heavy atom. The quantitative estimate of drug-likeness (QED) is 0.643. The van der Waals surface area contributed by atoms with Crippen LogP contribution in [-0.2, 0) is 6.42 Å². The predicted molar refractivity (Wildman–Crippen MR) is 119 cm³/mol. The van der Waals surface area contributed by atoms with Crippen molar-refractivity contribution in [1.82, 2.24) is 9.88 Å². The van der Waals surface area contributed by atoms with Crippen LogP contribution in [0.25, 0.3) is 11.1 Å². The molecule has 0 spiro atoms. The lowest BCUT2D eigenvalue weighted by atomic mass is 9.77. The summed E-state index contributed by atoms with van der Waals surface area (Å²) in [5.74, 6) is 1.52. The Morgan fingerprint density at radius 1 is 1.03 bits per heavy atom. The van der Waals surface area contributed by atoms with E-state index in [1.54, 1.807) is 12.3 Å². The first kappa shape index (κ1) is 20.4. The van der Waals surface area contributed by atoms with Gasteiger partial charge >= 0.3 is 0 Å². The third-order valence-electron chi connectivity index (χ3n) is 6.86. The zero-order valence-corrected chi connectivity index (χ0v) is 18.7. The highest BCUT2D eigenvalue weighted by molar-refractivity contribution is 6.08. The van der Waals surface area contributed by atoms with Gasteiger partial charge in [0.25, 0.3) is 0 Å². The highest BCUT2D eigenvalue weighted by Crippen LogP contribution is 2.51. The molecule has 0 radical (unpaired) electrons. The molecule has 0 bridgehead atoms. The summed E-state index contributed by atoms with van der Waals surface area (Å²) in [6, 6.07) is 3.20. The van der Waals surface area contributed by atoms with E-state index in [-0.39, 0.29) is 12.5 Å². The molecule has 0 N–H and O–H groups in total. The lowest BCUT2D eigenvalue weighted by molar-refractivity contribution is 0.0677. The zero-order valence-electron chi connectivity index (χ0n) is 18.7. The average Bonchev–Trinajstić information content (AvgIpc) is 3.16. The molecule has 1 saturated carbocycles. The second kappa shape index (κ2) is 7.90.